The van der Waals surface area contributed by atoms with Crippen molar-refractivity contribution in [1.82, 2.24) is 10.1 Å². The number of hydrogen-bond donors (Lipinski definition) is 2. The van der Waals surface area contributed by atoms with E-state index in [9.17, 15) is 9.59 Å². The van der Waals surface area contributed by atoms with Crippen LogP contribution in [-0.4, -0.2) is 28.6 Å². The third-order valence-electron chi connectivity index (χ3n) is 3.97. The highest BCUT2D eigenvalue weighted by molar-refractivity contribution is 6.06. The molecule has 0 aliphatic rings. The summed E-state index contributed by atoms with van der Waals surface area (Å²) in [4.78, 5) is 27.5. The van der Waals surface area contributed by atoms with Gasteiger partial charge in [0.05, 0.1) is 11.3 Å². The van der Waals surface area contributed by atoms with Gasteiger partial charge in [-0.2, -0.15) is 0 Å². The Hall–Kier alpha value is -3.09. The molecular formula is C19H21N3O4. The fourth-order valence-electron chi connectivity index (χ4n) is 2.60. The molecule has 0 aliphatic carbocycles. The molecular weight excluding hydrogens is 334 g/mol. The fourth-order valence-corrected chi connectivity index (χ4v) is 2.60. The van der Waals surface area contributed by atoms with Crippen molar-refractivity contribution in [3.63, 3.8) is 0 Å². The predicted octanol–water partition coefficient (Wildman–Crippen LogP) is 3.56. The van der Waals surface area contributed by atoms with Gasteiger partial charge in [0.25, 0.3) is 5.91 Å². The number of amides is 1. The minimum atomic E-state index is -0.553. The van der Waals surface area contributed by atoms with Gasteiger partial charge in [-0.25, -0.2) is 4.79 Å². The second-order valence-corrected chi connectivity index (χ2v) is 7.12. The topological polar surface area (TPSA) is 97.2 Å². The van der Waals surface area contributed by atoms with Crippen LogP contribution in [0.2, 0.25) is 0 Å². The average Bonchev–Trinajstić information content (AvgIpc) is 3.15. The number of ether oxygens (including phenoxy) is 1. The SMILES string of the molecule is Cc1[nH]c2ccccc2c1C(=O)OCC(=O)Nc1cc(C(C)(C)C)no1. The molecule has 0 bridgehead atoms. The van der Waals surface area contributed by atoms with Crippen LogP contribution in [0, 0.1) is 6.92 Å². The lowest BCUT2D eigenvalue weighted by Gasteiger charge is -2.12. The number of hydrogen-bond acceptors (Lipinski definition) is 5. The molecule has 0 spiro atoms. The molecule has 7 heteroatoms. The first-order chi connectivity index (χ1) is 12.3. The molecule has 2 heterocycles. The Balaban J connectivity index is 1.63. The number of rotatable bonds is 4. The van der Waals surface area contributed by atoms with Crippen LogP contribution in [0.5, 0.6) is 0 Å². The summed E-state index contributed by atoms with van der Waals surface area (Å²) in [5.74, 6) is -0.824. The number of aromatic amines is 1. The second kappa shape index (κ2) is 6.67. The standard InChI is InChI=1S/C19H21N3O4/c1-11-17(12-7-5-6-8-13(12)20-11)18(24)25-10-15(23)21-16-9-14(22-26-16)19(2,3)4/h5-9,20H,10H2,1-4H3,(H,21,23). The highest BCUT2D eigenvalue weighted by Crippen LogP contribution is 2.24. The summed E-state index contributed by atoms with van der Waals surface area (Å²) in [6.07, 6.45) is 0. The van der Waals surface area contributed by atoms with Gasteiger partial charge in [0.15, 0.2) is 6.61 Å². The van der Waals surface area contributed by atoms with Crippen LogP contribution >= 0.6 is 0 Å². The summed E-state index contributed by atoms with van der Waals surface area (Å²) in [7, 11) is 0. The Morgan fingerprint density at radius 3 is 2.69 bits per heavy atom. The summed E-state index contributed by atoms with van der Waals surface area (Å²) in [5, 5.41) is 7.22. The minimum absolute atomic E-state index is 0.189. The smallest absolute Gasteiger partial charge is 0.341 e. The highest BCUT2D eigenvalue weighted by Gasteiger charge is 2.21. The van der Waals surface area contributed by atoms with E-state index in [1.807, 2.05) is 45.0 Å². The van der Waals surface area contributed by atoms with E-state index >= 15 is 0 Å². The van der Waals surface area contributed by atoms with Gasteiger partial charge in [-0.3, -0.25) is 10.1 Å². The minimum Gasteiger partial charge on any atom is -0.452 e. The molecule has 0 atom stereocenters. The number of benzene rings is 1. The van der Waals surface area contributed by atoms with E-state index in [2.05, 4.69) is 15.5 Å². The van der Waals surface area contributed by atoms with Gasteiger partial charge in [-0.1, -0.05) is 44.1 Å². The van der Waals surface area contributed by atoms with Crippen molar-refractivity contribution in [3.8, 4) is 0 Å². The molecule has 26 heavy (non-hydrogen) atoms. The van der Waals surface area contributed by atoms with E-state index in [4.69, 9.17) is 9.26 Å². The van der Waals surface area contributed by atoms with Crippen molar-refractivity contribution in [2.24, 2.45) is 0 Å². The van der Waals surface area contributed by atoms with Gasteiger partial charge in [0.2, 0.25) is 5.88 Å². The number of nitrogens with one attached hydrogen (secondary N) is 2. The van der Waals surface area contributed by atoms with Crippen molar-refractivity contribution < 1.29 is 18.8 Å². The number of fused-ring (bicyclic) bond motifs is 1. The van der Waals surface area contributed by atoms with Gasteiger partial charge < -0.3 is 14.2 Å². The summed E-state index contributed by atoms with van der Waals surface area (Å²) >= 11 is 0. The second-order valence-electron chi connectivity index (χ2n) is 7.12. The number of para-hydroxylation sites is 1. The number of carbonyl (C=O) groups is 2. The summed E-state index contributed by atoms with van der Waals surface area (Å²) < 4.78 is 10.2. The molecule has 0 saturated heterocycles. The predicted molar refractivity (Wildman–Crippen MR) is 97.2 cm³/mol. The van der Waals surface area contributed by atoms with Gasteiger partial charge in [0.1, 0.15) is 0 Å². The molecule has 2 aromatic heterocycles. The van der Waals surface area contributed by atoms with Crippen molar-refractivity contribution >= 4 is 28.7 Å². The molecule has 0 radical (unpaired) electrons. The lowest BCUT2D eigenvalue weighted by molar-refractivity contribution is -0.119. The maximum atomic E-state index is 12.4. The number of anilines is 1. The summed E-state index contributed by atoms with van der Waals surface area (Å²) in [6.45, 7) is 7.34. The van der Waals surface area contributed by atoms with Crippen LogP contribution < -0.4 is 5.32 Å². The van der Waals surface area contributed by atoms with Crippen LogP contribution in [0.1, 0.15) is 42.5 Å². The number of H-pyrrole nitrogens is 1. The van der Waals surface area contributed by atoms with Crippen molar-refractivity contribution in [1.29, 1.82) is 0 Å². The summed E-state index contributed by atoms with van der Waals surface area (Å²) in [6, 6.07) is 9.09. The lowest BCUT2D eigenvalue weighted by Crippen LogP contribution is -2.21. The first-order valence-corrected chi connectivity index (χ1v) is 8.27. The molecule has 3 rings (SSSR count). The van der Waals surface area contributed by atoms with Crippen LogP contribution in [0.3, 0.4) is 0 Å². The van der Waals surface area contributed by atoms with Gasteiger partial charge >= 0.3 is 5.97 Å². The Morgan fingerprint density at radius 1 is 1.27 bits per heavy atom. The zero-order valence-electron chi connectivity index (χ0n) is 15.2. The molecule has 0 unspecified atom stereocenters. The number of carbonyl (C=O) groups excluding carboxylic acids is 2. The molecule has 7 nitrogen and oxygen atoms in total. The van der Waals surface area contributed by atoms with E-state index < -0.39 is 18.5 Å². The molecule has 0 aliphatic heterocycles. The third kappa shape index (κ3) is 3.61. The van der Waals surface area contributed by atoms with E-state index in [-0.39, 0.29) is 11.3 Å². The third-order valence-corrected chi connectivity index (χ3v) is 3.97. The van der Waals surface area contributed by atoms with Crippen molar-refractivity contribution in [2.45, 2.75) is 33.1 Å². The Kier molecular flexibility index (Phi) is 4.54. The Bertz CT molecular complexity index is 963. The Labute approximate surface area is 150 Å². The van der Waals surface area contributed by atoms with Crippen LogP contribution in [0.15, 0.2) is 34.9 Å². The quantitative estimate of drug-likeness (QED) is 0.698. The fraction of sp³-hybridized carbons (Fsp3) is 0.316. The Morgan fingerprint density at radius 2 is 2.00 bits per heavy atom. The first-order valence-electron chi connectivity index (χ1n) is 8.27. The largest absolute Gasteiger partial charge is 0.452 e. The van der Waals surface area contributed by atoms with Crippen LogP contribution in [-0.2, 0) is 14.9 Å². The molecule has 2 N–H and O–H groups in total. The van der Waals surface area contributed by atoms with E-state index in [1.54, 1.807) is 13.0 Å². The van der Waals surface area contributed by atoms with Gasteiger partial charge in [0, 0.05) is 28.1 Å². The maximum absolute atomic E-state index is 12.4. The highest BCUT2D eigenvalue weighted by atomic mass is 16.5. The first kappa shape index (κ1) is 17.7. The zero-order chi connectivity index (χ0) is 18.9. The van der Waals surface area contributed by atoms with Crippen molar-refractivity contribution in [2.75, 3.05) is 11.9 Å². The normalized spacial score (nSPS) is 11.5. The number of aromatic nitrogens is 2. The zero-order valence-corrected chi connectivity index (χ0v) is 15.2. The van der Waals surface area contributed by atoms with Gasteiger partial charge in [-0.15, -0.1) is 0 Å². The molecule has 0 fully saturated rings. The monoisotopic (exact) mass is 355 g/mol. The van der Waals surface area contributed by atoms with E-state index in [1.165, 1.54) is 0 Å². The number of esters is 1. The molecule has 136 valence electrons. The maximum Gasteiger partial charge on any atom is 0.341 e. The van der Waals surface area contributed by atoms with Gasteiger partial charge in [-0.05, 0) is 13.0 Å². The molecule has 1 amide bonds. The molecule has 0 saturated carbocycles. The number of nitrogens with zero attached hydrogens (tertiary/aromatic N) is 1. The van der Waals surface area contributed by atoms with Crippen LogP contribution in [0.4, 0.5) is 5.88 Å². The molecule has 3 aromatic rings. The number of aryl methyl sites for hydroxylation is 1. The van der Waals surface area contributed by atoms with Crippen molar-refractivity contribution in [3.05, 3.63) is 47.3 Å². The van der Waals surface area contributed by atoms with E-state index in [0.717, 1.165) is 16.6 Å². The average molecular weight is 355 g/mol. The van der Waals surface area contributed by atoms with E-state index in [0.29, 0.717) is 11.3 Å². The summed E-state index contributed by atoms with van der Waals surface area (Å²) in [5.41, 5.74) is 2.51. The lowest BCUT2D eigenvalue weighted by atomic mass is 9.92. The van der Waals surface area contributed by atoms with Crippen LogP contribution in [0.25, 0.3) is 10.9 Å². The molecule has 1 aromatic carbocycles.